The van der Waals surface area contributed by atoms with Crippen molar-refractivity contribution in [1.82, 2.24) is 0 Å². The Labute approximate surface area is 36.7 Å². The molecule has 1 nitrogen and oxygen atoms in total. The monoisotopic (exact) mass is 79.0 g/mol. The largest absolute Gasteiger partial charge is 0.253 e. The van der Waals surface area contributed by atoms with Crippen molar-refractivity contribution in [3.05, 3.63) is 24.4 Å². The van der Waals surface area contributed by atoms with E-state index in [1.165, 1.54) is 0 Å². The fourth-order valence-electron chi connectivity index (χ4n) is 0.244. The molecule has 6 heavy (non-hydrogen) atoms. The Morgan fingerprint density at radius 1 is 1.83 bits per heavy atom. The lowest BCUT2D eigenvalue weighted by Gasteiger charge is -1.58. The van der Waals surface area contributed by atoms with E-state index in [9.17, 15) is 0 Å². The van der Waals surface area contributed by atoms with E-state index in [0.29, 0.717) is 0 Å². The van der Waals surface area contributed by atoms with Crippen LogP contribution >= 0.6 is 0 Å². The second-order valence-electron chi connectivity index (χ2n) is 1.09. The predicted molar refractivity (Wildman–Crippen MR) is 26.8 cm³/mol. The van der Waals surface area contributed by atoms with Crippen LogP contribution in [0.4, 0.5) is 0 Å². The molecule has 0 bridgehead atoms. The minimum Gasteiger partial charge on any atom is -0.253 e. The van der Waals surface area contributed by atoms with E-state index in [0.717, 1.165) is 5.70 Å². The zero-order chi connectivity index (χ0) is 4.41. The lowest BCUT2D eigenvalue weighted by atomic mass is 10.5. The first-order chi connectivity index (χ1) is 2.93. The Hall–Kier alpha value is -0.850. The molecule has 0 aromatic heterocycles. The number of allylic oxidation sites excluding steroid dienone is 3. The number of nitrogens with zero attached hydrogens (tertiary/aromatic N) is 1. The van der Waals surface area contributed by atoms with E-state index < -0.39 is 0 Å². The summed E-state index contributed by atoms with van der Waals surface area (Å²) in [5, 5.41) is 0. The standard InChI is InChI=1S/C5H5N/c1-2-3-5-4-6-5/h2-4H,1H2/b5-3+. The van der Waals surface area contributed by atoms with Crippen molar-refractivity contribution in [2.45, 2.75) is 0 Å². The Morgan fingerprint density at radius 3 is 2.67 bits per heavy atom. The molecule has 1 heterocycles. The molecule has 1 aliphatic rings. The number of hydrogen-bond donors (Lipinski definition) is 0. The zero-order valence-electron chi connectivity index (χ0n) is 3.39. The smallest absolute Gasteiger partial charge is 0.0813 e. The molecule has 0 aromatic rings. The average Bonchev–Trinajstić information content (AvgIpc) is 2.21. The normalized spacial score (nSPS) is 21.7. The van der Waals surface area contributed by atoms with Gasteiger partial charge in [-0.1, -0.05) is 12.7 Å². The number of rotatable bonds is 1. The van der Waals surface area contributed by atoms with Crippen LogP contribution in [0.2, 0.25) is 0 Å². The highest BCUT2D eigenvalue weighted by atomic mass is 14.9. The zero-order valence-corrected chi connectivity index (χ0v) is 3.39. The van der Waals surface area contributed by atoms with Crippen LogP contribution in [-0.2, 0) is 0 Å². The molecule has 0 spiro atoms. The first-order valence-electron chi connectivity index (χ1n) is 1.80. The third-order valence-electron chi connectivity index (χ3n) is 0.567. The summed E-state index contributed by atoms with van der Waals surface area (Å²) in [6, 6.07) is 0. The minimum atomic E-state index is 1.05. The van der Waals surface area contributed by atoms with Crippen molar-refractivity contribution in [2.75, 3.05) is 0 Å². The van der Waals surface area contributed by atoms with Crippen LogP contribution in [0.25, 0.3) is 0 Å². The molecular formula is C5H5N. The van der Waals surface area contributed by atoms with Crippen molar-refractivity contribution in [1.29, 1.82) is 0 Å². The Morgan fingerprint density at radius 2 is 2.50 bits per heavy atom. The minimum absolute atomic E-state index is 1.05. The van der Waals surface area contributed by atoms with Gasteiger partial charge >= 0.3 is 0 Å². The molecule has 0 radical (unpaired) electrons. The summed E-state index contributed by atoms with van der Waals surface area (Å²) in [7, 11) is 0. The van der Waals surface area contributed by atoms with Gasteiger partial charge in [-0.05, 0) is 6.08 Å². The summed E-state index contributed by atoms with van der Waals surface area (Å²) in [6.07, 6.45) is 5.38. The van der Waals surface area contributed by atoms with Gasteiger partial charge in [0.05, 0.1) is 11.9 Å². The third kappa shape index (κ3) is 0.549. The summed E-state index contributed by atoms with van der Waals surface area (Å²) in [6.45, 7) is 3.48. The van der Waals surface area contributed by atoms with Crippen LogP contribution in [0.5, 0.6) is 0 Å². The molecule has 0 unspecified atom stereocenters. The molecule has 1 rings (SSSR count). The molecule has 0 aromatic carbocycles. The third-order valence-corrected chi connectivity index (χ3v) is 0.567. The summed E-state index contributed by atoms with van der Waals surface area (Å²) in [5.74, 6) is 0. The molecule has 1 aliphatic heterocycles. The SMILES string of the molecule is C=C/C=C1C=N\1. The summed E-state index contributed by atoms with van der Waals surface area (Å²) in [4.78, 5) is 3.76. The van der Waals surface area contributed by atoms with Gasteiger partial charge in [0.25, 0.3) is 0 Å². The number of hydrogen-bond acceptors (Lipinski definition) is 1. The van der Waals surface area contributed by atoms with Crippen molar-refractivity contribution in [3.63, 3.8) is 0 Å². The lowest BCUT2D eigenvalue weighted by Crippen LogP contribution is -1.44. The van der Waals surface area contributed by atoms with Gasteiger partial charge in [-0.2, -0.15) is 0 Å². The fraction of sp³-hybridized carbons (Fsp3) is 0. The van der Waals surface area contributed by atoms with Gasteiger partial charge in [-0.25, -0.2) is 0 Å². The molecule has 1 heteroatoms. The molecule has 0 atom stereocenters. The van der Waals surface area contributed by atoms with Gasteiger partial charge in [-0.15, -0.1) is 0 Å². The maximum absolute atomic E-state index is 3.76. The van der Waals surface area contributed by atoms with Crippen molar-refractivity contribution < 1.29 is 0 Å². The number of aliphatic imine (C=N–C) groups is 1. The average molecular weight is 79.1 g/mol. The van der Waals surface area contributed by atoms with E-state index in [4.69, 9.17) is 0 Å². The molecule has 30 valence electrons. The topological polar surface area (TPSA) is 12.4 Å². The van der Waals surface area contributed by atoms with Crippen LogP contribution in [0.15, 0.2) is 29.4 Å². The Balaban J connectivity index is 2.46. The van der Waals surface area contributed by atoms with Crippen LogP contribution in [0.1, 0.15) is 0 Å². The second kappa shape index (κ2) is 1.09. The van der Waals surface area contributed by atoms with Gasteiger partial charge < -0.3 is 0 Å². The summed E-state index contributed by atoms with van der Waals surface area (Å²) in [5.41, 5.74) is 1.05. The quantitative estimate of drug-likeness (QED) is 0.447. The highest BCUT2D eigenvalue weighted by molar-refractivity contribution is 5.92. The first kappa shape index (κ1) is 3.34. The first-order valence-corrected chi connectivity index (χ1v) is 1.80. The van der Waals surface area contributed by atoms with E-state index in [1.807, 2.05) is 6.08 Å². The maximum atomic E-state index is 3.76. The van der Waals surface area contributed by atoms with Gasteiger partial charge in [0.2, 0.25) is 0 Å². The molecule has 0 amide bonds. The molecule has 0 N–H and O–H groups in total. The Bertz CT molecular complexity index is 112. The molecular weight excluding hydrogens is 74.1 g/mol. The van der Waals surface area contributed by atoms with E-state index in [-0.39, 0.29) is 0 Å². The van der Waals surface area contributed by atoms with E-state index >= 15 is 0 Å². The van der Waals surface area contributed by atoms with Crippen molar-refractivity contribution in [2.24, 2.45) is 4.99 Å². The predicted octanol–water partition coefficient (Wildman–Crippen LogP) is 1.14. The summed E-state index contributed by atoms with van der Waals surface area (Å²) >= 11 is 0. The molecule has 0 saturated heterocycles. The highest BCUT2D eigenvalue weighted by Gasteiger charge is 1.94. The van der Waals surface area contributed by atoms with E-state index in [1.54, 1.807) is 12.3 Å². The summed E-state index contributed by atoms with van der Waals surface area (Å²) < 4.78 is 0. The maximum Gasteiger partial charge on any atom is 0.0813 e. The lowest BCUT2D eigenvalue weighted by molar-refractivity contribution is 1.70. The van der Waals surface area contributed by atoms with Gasteiger partial charge in [0.1, 0.15) is 0 Å². The van der Waals surface area contributed by atoms with E-state index in [2.05, 4.69) is 11.6 Å². The van der Waals surface area contributed by atoms with Gasteiger partial charge in [-0.3, -0.25) is 4.99 Å². The van der Waals surface area contributed by atoms with Crippen LogP contribution < -0.4 is 0 Å². The Kier molecular flexibility index (Phi) is 0.607. The van der Waals surface area contributed by atoms with Crippen LogP contribution in [0, 0.1) is 0 Å². The molecule has 0 aliphatic carbocycles. The van der Waals surface area contributed by atoms with Gasteiger partial charge in [0.15, 0.2) is 0 Å². The van der Waals surface area contributed by atoms with Crippen molar-refractivity contribution in [3.8, 4) is 0 Å². The molecule has 0 saturated carbocycles. The van der Waals surface area contributed by atoms with Gasteiger partial charge in [0, 0.05) is 0 Å². The fourth-order valence-corrected chi connectivity index (χ4v) is 0.244. The second-order valence-corrected chi connectivity index (χ2v) is 1.09. The van der Waals surface area contributed by atoms with Crippen molar-refractivity contribution >= 4 is 6.21 Å². The van der Waals surface area contributed by atoms with Crippen LogP contribution in [0.3, 0.4) is 0 Å². The molecule has 0 fully saturated rings. The van der Waals surface area contributed by atoms with Crippen LogP contribution in [-0.4, -0.2) is 6.21 Å². The highest BCUT2D eigenvalue weighted by Crippen LogP contribution is 2.03.